The van der Waals surface area contributed by atoms with Crippen molar-refractivity contribution in [3.05, 3.63) is 38.5 Å². The Morgan fingerprint density at radius 2 is 1.87 bits per heavy atom. The van der Waals surface area contributed by atoms with Crippen molar-refractivity contribution in [1.82, 2.24) is 9.97 Å². The molecule has 122 valence electrons. The molecular formula is C15H16BrN3O3S. The van der Waals surface area contributed by atoms with Crippen LogP contribution in [0.5, 0.6) is 0 Å². The summed E-state index contributed by atoms with van der Waals surface area (Å²) in [4.78, 5) is 33.3. The first-order valence-electron chi connectivity index (χ1n) is 6.73. The maximum atomic E-state index is 12.3. The molecule has 6 nitrogen and oxygen atoms in total. The Morgan fingerprint density at radius 1 is 1.26 bits per heavy atom. The standard InChI is InChI=1S/C15H16BrN3O3S/c1-15(2,3)12-9(16)10(11(23-12)14(21)22-4)19-13(20)8-5-17-7-18-6-8/h5-7H,1-4H3,(H,19,20). The van der Waals surface area contributed by atoms with Crippen molar-refractivity contribution in [2.45, 2.75) is 26.2 Å². The highest BCUT2D eigenvalue weighted by Gasteiger charge is 2.29. The molecule has 8 heteroatoms. The van der Waals surface area contributed by atoms with Crippen LogP contribution in [-0.2, 0) is 10.2 Å². The van der Waals surface area contributed by atoms with Gasteiger partial charge in [-0.05, 0) is 21.3 Å². The van der Waals surface area contributed by atoms with Crippen LogP contribution in [0.2, 0.25) is 0 Å². The second-order valence-electron chi connectivity index (χ2n) is 5.77. The summed E-state index contributed by atoms with van der Waals surface area (Å²) in [6, 6.07) is 0. The Labute approximate surface area is 146 Å². The minimum absolute atomic E-state index is 0.189. The molecule has 0 aliphatic rings. The molecule has 0 radical (unpaired) electrons. The number of ether oxygens (including phenoxy) is 1. The van der Waals surface area contributed by atoms with Crippen molar-refractivity contribution < 1.29 is 14.3 Å². The molecule has 0 atom stereocenters. The summed E-state index contributed by atoms with van der Waals surface area (Å²) in [6.07, 6.45) is 4.16. The molecule has 1 amide bonds. The summed E-state index contributed by atoms with van der Waals surface area (Å²) in [5, 5.41) is 2.75. The van der Waals surface area contributed by atoms with Crippen LogP contribution >= 0.6 is 27.3 Å². The topological polar surface area (TPSA) is 81.2 Å². The number of hydrogen-bond donors (Lipinski definition) is 1. The number of carbonyl (C=O) groups excluding carboxylic acids is 2. The number of methoxy groups -OCH3 is 1. The molecule has 0 bridgehead atoms. The van der Waals surface area contributed by atoms with E-state index < -0.39 is 11.9 Å². The van der Waals surface area contributed by atoms with Crippen LogP contribution in [0.4, 0.5) is 5.69 Å². The van der Waals surface area contributed by atoms with Gasteiger partial charge in [0.15, 0.2) is 0 Å². The zero-order valence-electron chi connectivity index (χ0n) is 13.1. The van der Waals surface area contributed by atoms with Crippen LogP contribution in [0.15, 0.2) is 23.2 Å². The van der Waals surface area contributed by atoms with E-state index in [1.54, 1.807) is 0 Å². The summed E-state index contributed by atoms with van der Waals surface area (Å²) in [7, 11) is 1.31. The lowest BCUT2D eigenvalue weighted by atomic mass is 9.94. The van der Waals surface area contributed by atoms with Crippen LogP contribution in [0, 0.1) is 0 Å². The molecule has 2 aromatic heterocycles. The second-order valence-corrected chi connectivity index (χ2v) is 7.59. The average Bonchev–Trinajstić information content (AvgIpc) is 2.84. The van der Waals surface area contributed by atoms with Gasteiger partial charge < -0.3 is 10.1 Å². The van der Waals surface area contributed by atoms with Crippen LogP contribution in [-0.4, -0.2) is 29.0 Å². The zero-order chi connectivity index (χ0) is 17.2. The number of amides is 1. The Balaban J connectivity index is 2.46. The molecule has 0 aliphatic carbocycles. The maximum Gasteiger partial charge on any atom is 0.350 e. The van der Waals surface area contributed by atoms with E-state index in [4.69, 9.17) is 4.74 Å². The average molecular weight is 398 g/mol. The van der Waals surface area contributed by atoms with Gasteiger partial charge in [0.2, 0.25) is 0 Å². The molecule has 0 fully saturated rings. The molecule has 0 unspecified atom stereocenters. The highest BCUT2D eigenvalue weighted by Crippen LogP contribution is 2.44. The van der Waals surface area contributed by atoms with E-state index in [9.17, 15) is 9.59 Å². The second kappa shape index (κ2) is 6.76. The zero-order valence-corrected chi connectivity index (χ0v) is 15.5. The van der Waals surface area contributed by atoms with Crippen molar-refractivity contribution in [3.63, 3.8) is 0 Å². The van der Waals surface area contributed by atoms with Crippen molar-refractivity contribution in [1.29, 1.82) is 0 Å². The molecule has 0 aliphatic heterocycles. The van der Waals surface area contributed by atoms with Crippen LogP contribution in [0.3, 0.4) is 0 Å². The van der Waals surface area contributed by atoms with E-state index in [-0.39, 0.29) is 5.41 Å². The largest absolute Gasteiger partial charge is 0.465 e. The SMILES string of the molecule is COC(=O)c1sc(C(C)(C)C)c(Br)c1NC(=O)c1cncnc1. The molecule has 0 aromatic carbocycles. The van der Waals surface area contributed by atoms with E-state index in [0.717, 1.165) is 4.88 Å². The molecule has 0 saturated heterocycles. The molecule has 2 heterocycles. The van der Waals surface area contributed by atoms with Gasteiger partial charge in [0.1, 0.15) is 11.2 Å². The van der Waals surface area contributed by atoms with Gasteiger partial charge in [-0.1, -0.05) is 20.8 Å². The summed E-state index contributed by atoms with van der Waals surface area (Å²) in [6.45, 7) is 6.09. The highest BCUT2D eigenvalue weighted by molar-refractivity contribution is 9.10. The fourth-order valence-electron chi connectivity index (χ4n) is 1.84. The summed E-state index contributed by atoms with van der Waals surface area (Å²) in [5.74, 6) is -0.888. The van der Waals surface area contributed by atoms with E-state index in [2.05, 4.69) is 31.2 Å². The van der Waals surface area contributed by atoms with E-state index in [0.29, 0.717) is 20.6 Å². The van der Waals surface area contributed by atoms with Gasteiger partial charge in [0.05, 0.1) is 22.8 Å². The number of thiophene rings is 1. The minimum atomic E-state index is -0.495. The number of esters is 1. The van der Waals surface area contributed by atoms with E-state index in [1.807, 2.05) is 20.8 Å². The van der Waals surface area contributed by atoms with Gasteiger partial charge in [0, 0.05) is 17.3 Å². The maximum absolute atomic E-state index is 12.3. The van der Waals surface area contributed by atoms with Crippen LogP contribution in [0.25, 0.3) is 0 Å². The van der Waals surface area contributed by atoms with Crippen LogP contribution < -0.4 is 5.32 Å². The number of carbonyl (C=O) groups is 2. The Hall–Kier alpha value is -1.80. The fourth-order valence-corrected chi connectivity index (χ4v) is 4.23. The first-order valence-corrected chi connectivity index (χ1v) is 8.34. The lowest BCUT2D eigenvalue weighted by Gasteiger charge is -2.17. The number of halogens is 1. The number of nitrogens with one attached hydrogen (secondary N) is 1. The lowest BCUT2D eigenvalue weighted by molar-refractivity contribution is 0.0607. The van der Waals surface area contributed by atoms with Crippen molar-refractivity contribution in [2.24, 2.45) is 0 Å². The third-order valence-corrected chi connectivity index (χ3v) is 5.61. The summed E-state index contributed by atoms with van der Waals surface area (Å²) < 4.78 is 5.50. The molecular weight excluding hydrogens is 382 g/mol. The number of aromatic nitrogens is 2. The van der Waals surface area contributed by atoms with E-state index in [1.165, 1.54) is 37.2 Å². The molecule has 2 rings (SSSR count). The number of hydrogen-bond acceptors (Lipinski definition) is 6. The van der Waals surface area contributed by atoms with Gasteiger partial charge in [0.25, 0.3) is 5.91 Å². The van der Waals surface area contributed by atoms with Gasteiger partial charge >= 0.3 is 5.97 Å². The Morgan fingerprint density at radius 3 is 2.39 bits per heavy atom. The lowest BCUT2D eigenvalue weighted by Crippen LogP contribution is -2.15. The third-order valence-electron chi connectivity index (χ3n) is 2.96. The fraction of sp³-hybridized carbons (Fsp3) is 0.333. The minimum Gasteiger partial charge on any atom is -0.465 e. The van der Waals surface area contributed by atoms with Crippen LogP contribution in [0.1, 0.15) is 45.7 Å². The molecule has 0 spiro atoms. The Bertz CT molecular complexity index is 738. The number of anilines is 1. The predicted molar refractivity (Wildman–Crippen MR) is 92.0 cm³/mol. The highest BCUT2D eigenvalue weighted by atomic mass is 79.9. The van der Waals surface area contributed by atoms with E-state index >= 15 is 0 Å². The summed E-state index contributed by atoms with van der Waals surface area (Å²) >= 11 is 4.79. The third kappa shape index (κ3) is 3.76. The quantitative estimate of drug-likeness (QED) is 0.799. The first-order chi connectivity index (χ1) is 10.8. The van der Waals surface area contributed by atoms with Gasteiger partial charge in [-0.3, -0.25) is 4.79 Å². The van der Waals surface area contributed by atoms with Gasteiger partial charge in [-0.25, -0.2) is 14.8 Å². The van der Waals surface area contributed by atoms with Gasteiger partial charge in [-0.15, -0.1) is 11.3 Å². The molecule has 2 aromatic rings. The van der Waals surface area contributed by atoms with Gasteiger partial charge in [-0.2, -0.15) is 0 Å². The monoisotopic (exact) mass is 397 g/mol. The normalized spacial score (nSPS) is 11.2. The summed E-state index contributed by atoms with van der Waals surface area (Å²) in [5.41, 5.74) is 0.518. The number of rotatable bonds is 3. The molecule has 1 N–H and O–H groups in total. The number of nitrogens with zero attached hydrogens (tertiary/aromatic N) is 2. The van der Waals surface area contributed by atoms with Crippen molar-refractivity contribution in [3.8, 4) is 0 Å². The van der Waals surface area contributed by atoms with Crippen molar-refractivity contribution in [2.75, 3.05) is 12.4 Å². The molecule has 23 heavy (non-hydrogen) atoms. The van der Waals surface area contributed by atoms with Crippen molar-refractivity contribution >= 4 is 44.8 Å². The Kier molecular flexibility index (Phi) is 5.16. The predicted octanol–water partition coefficient (Wildman–Crippen LogP) is 3.64. The smallest absolute Gasteiger partial charge is 0.350 e. The molecule has 0 saturated carbocycles. The first kappa shape index (κ1) is 17.6.